The lowest BCUT2D eigenvalue weighted by molar-refractivity contribution is 0.186. The van der Waals surface area contributed by atoms with Crippen molar-refractivity contribution < 1.29 is 0 Å². The molecular weight excluding hydrogens is 292 g/mol. The van der Waals surface area contributed by atoms with Crippen LogP contribution in [0.2, 0.25) is 0 Å². The molecular formula is C17H32N4S. The Balaban J connectivity index is 1.81. The van der Waals surface area contributed by atoms with Gasteiger partial charge in [0, 0.05) is 43.3 Å². The first-order valence-electron chi connectivity index (χ1n) is 8.80. The fraction of sp³-hybridized carbons (Fsp3) is 0.824. The molecule has 0 spiro atoms. The molecule has 0 amide bonds. The molecule has 126 valence electrons. The number of nitrogens with one attached hydrogen (secondary N) is 1. The normalized spacial score (nSPS) is 17.3. The summed E-state index contributed by atoms with van der Waals surface area (Å²) in [5.41, 5.74) is 0. The number of thiazole rings is 1. The summed E-state index contributed by atoms with van der Waals surface area (Å²) >= 11 is 1.82. The molecule has 0 saturated carbocycles. The van der Waals surface area contributed by atoms with Crippen molar-refractivity contribution in [2.24, 2.45) is 5.92 Å². The van der Waals surface area contributed by atoms with E-state index in [0.717, 1.165) is 31.3 Å². The van der Waals surface area contributed by atoms with Gasteiger partial charge in [0.25, 0.3) is 0 Å². The molecule has 1 saturated heterocycles. The van der Waals surface area contributed by atoms with E-state index in [1.165, 1.54) is 30.8 Å². The molecule has 0 aliphatic carbocycles. The van der Waals surface area contributed by atoms with E-state index in [0.29, 0.717) is 12.0 Å². The minimum atomic E-state index is 0.665. The van der Waals surface area contributed by atoms with Crippen molar-refractivity contribution in [3.8, 4) is 0 Å². The summed E-state index contributed by atoms with van der Waals surface area (Å²) in [6.45, 7) is 15.7. The fourth-order valence-corrected chi connectivity index (χ4v) is 4.23. The minimum absolute atomic E-state index is 0.665. The van der Waals surface area contributed by atoms with Crippen LogP contribution in [0.4, 0.5) is 5.13 Å². The van der Waals surface area contributed by atoms with Gasteiger partial charge in [-0.05, 0) is 45.7 Å². The maximum absolute atomic E-state index is 4.56. The molecule has 1 aromatic heterocycles. The summed E-state index contributed by atoms with van der Waals surface area (Å²) in [6.07, 6.45) is 4.77. The maximum Gasteiger partial charge on any atom is 0.185 e. The Bertz CT molecular complexity index is 422. The summed E-state index contributed by atoms with van der Waals surface area (Å²) < 4.78 is 0. The lowest BCUT2D eigenvalue weighted by Gasteiger charge is -2.31. The quantitative estimate of drug-likeness (QED) is 0.756. The summed E-state index contributed by atoms with van der Waals surface area (Å²) in [4.78, 5) is 10.9. The molecule has 1 aliphatic rings. The van der Waals surface area contributed by atoms with Gasteiger partial charge >= 0.3 is 0 Å². The number of hydrogen-bond acceptors (Lipinski definition) is 5. The minimum Gasteiger partial charge on any atom is -0.349 e. The van der Waals surface area contributed by atoms with Crippen LogP contribution in [0.15, 0.2) is 6.20 Å². The van der Waals surface area contributed by atoms with Gasteiger partial charge in [-0.15, -0.1) is 11.3 Å². The van der Waals surface area contributed by atoms with Crippen LogP contribution in [0.5, 0.6) is 0 Å². The van der Waals surface area contributed by atoms with Crippen molar-refractivity contribution in [1.82, 2.24) is 15.2 Å². The first-order valence-corrected chi connectivity index (χ1v) is 9.61. The largest absolute Gasteiger partial charge is 0.349 e. The number of hydrogen-bond donors (Lipinski definition) is 1. The molecule has 1 unspecified atom stereocenters. The Morgan fingerprint density at radius 2 is 1.95 bits per heavy atom. The zero-order valence-corrected chi connectivity index (χ0v) is 15.5. The Hall–Kier alpha value is -0.650. The van der Waals surface area contributed by atoms with Crippen molar-refractivity contribution in [3.63, 3.8) is 0 Å². The van der Waals surface area contributed by atoms with Gasteiger partial charge in [0.2, 0.25) is 0 Å². The molecule has 5 heteroatoms. The highest BCUT2D eigenvalue weighted by molar-refractivity contribution is 7.15. The molecule has 4 nitrogen and oxygen atoms in total. The Labute approximate surface area is 139 Å². The summed E-state index contributed by atoms with van der Waals surface area (Å²) in [5, 5.41) is 4.81. The SMILES string of the molecule is CCN(CC)c1ncc(CNCC(C(C)C)N2CCCC2)s1. The van der Waals surface area contributed by atoms with Gasteiger partial charge in [0.05, 0.1) is 0 Å². The van der Waals surface area contributed by atoms with E-state index < -0.39 is 0 Å². The van der Waals surface area contributed by atoms with Crippen LogP contribution in [-0.4, -0.2) is 48.6 Å². The number of aromatic nitrogens is 1. The van der Waals surface area contributed by atoms with Crippen LogP contribution in [0.1, 0.15) is 45.4 Å². The smallest absolute Gasteiger partial charge is 0.185 e. The highest BCUT2D eigenvalue weighted by Gasteiger charge is 2.24. The Kier molecular flexibility index (Phi) is 7.12. The van der Waals surface area contributed by atoms with Crippen LogP contribution in [0, 0.1) is 5.92 Å². The third-order valence-electron chi connectivity index (χ3n) is 4.61. The lowest BCUT2D eigenvalue weighted by Crippen LogP contribution is -2.43. The second kappa shape index (κ2) is 8.85. The average molecular weight is 325 g/mol. The third kappa shape index (κ3) is 4.67. The highest BCUT2D eigenvalue weighted by atomic mass is 32.1. The van der Waals surface area contributed by atoms with Gasteiger partial charge in [0.1, 0.15) is 0 Å². The molecule has 0 bridgehead atoms. The first-order chi connectivity index (χ1) is 10.7. The summed E-state index contributed by atoms with van der Waals surface area (Å²) in [7, 11) is 0. The zero-order chi connectivity index (χ0) is 15.9. The third-order valence-corrected chi connectivity index (χ3v) is 5.67. The zero-order valence-electron chi connectivity index (χ0n) is 14.6. The summed E-state index contributed by atoms with van der Waals surface area (Å²) in [6, 6.07) is 0.665. The molecule has 2 heterocycles. The topological polar surface area (TPSA) is 31.4 Å². The van der Waals surface area contributed by atoms with Gasteiger partial charge < -0.3 is 10.2 Å². The Morgan fingerprint density at radius 3 is 2.55 bits per heavy atom. The van der Waals surface area contributed by atoms with Crippen molar-refractivity contribution in [2.75, 3.05) is 37.6 Å². The molecule has 1 N–H and O–H groups in total. The Morgan fingerprint density at radius 1 is 1.27 bits per heavy atom. The number of nitrogens with zero attached hydrogens (tertiary/aromatic N) is 3. The van der Waals surface area contributed by atoms with E-state index in [1.54, 1.807) is 0 Å². The molecule has 0 aromatic carbocycles. The number of anilines is 1. The fourth-order valence-electron chi connectivity index (χ4n) is 3.22. The van der Waals surface area contributed by atoms with E-state index in [9.17, 15) is 0 Å². The van der Waals surface area contributed by atoms with Crippen molar-refractivity contribution in [3.05, 3.63) is 11.1 Å². The monoisotopic (exact) mass is 324 g/mol. The molecule has 1 aromatic rings. The lowest BCUT2D eigenvalue weighted by atomic mass is 10.0. The summed E-state index contributed by atoms with van der Waals surface area (Å²) in [5.74, 6) is 0.707. The van der Waals surface area contributed by atoms with Crippen LogP contribution in [-0.2, 0) is 6.54 Å². The highest BCUT2D eigenvalue weighted by Crippen LogP contribution is 2.22. The predicted molar refractivity (Wildman–Crippen MR) is 96.8 cm³/mol. The first kappa shape index (κ1) is 17.7. The molecule has 22 heavy (non-hydrogen) atoms. The van der Waals surface area contributed by atoms with Crippen LogP contribution < -0.4 is 10.2 Å². The van der Waals surface area contributed by atoms with Crippen LogP contribution in [0.3, 0.4) is 0 Å². The molecule has 0 radical (unpaired) electrons. The molecule has 1 aliphatic heterocycles. The van der Waals surface area contributed by atoms with E-state index in [4.69, 9.17) is 0 Å². The molecule has 1 fully saturated rings. The number of rotatable bonds is 9. The predicted octanol–water partition coefficient (Wildman–Crippen LogP) is 3.20. The van der Waals surface area contributed by atoms with E-state index >= 15 is 0 Å². The van der Waals surface area contributed by atoms with E-state index in [1.807, 2.05) is 17.5 Å². The average Bonchev–Trinajstić information content (AvgIpc) is 3.16. The number of likely N-dealkylation sites (tertiary alicyclic amines) is 1. The van der Waals surface area contributed by atoms with Gasteiger partial charge in [-0.2, -0.15) is 0 Å². The van der Waals surface area contributed by atoms with Gasteiger partial charge in [-0.25, -0.2) is 4.98 Å². The van der Waals surface area contributed by atoms with Crippen molar-refractivity contribution >= 4 is 16.5 Å². The molecule has 1 atom stereocenters. The van der Waals surface area contributed by atoms with E-state index in [2.05, 4.69) is 47.8 Å². The van der Waals surface area contributed by atoms with Crippen molar-refractivity contribution in [2.45, 2.75) is 53.1 Å². The van der Waals surface area contributed by atoms with Crippen molar-refractivity contribution in [1.29, 1.82) is 0 Å². The van der Waals surface area contributed by atoms with Gasteiger partial charge in [-0.3, -0.25) is 4.90 Å². The second-order valence-electron chi connectivity index (χ2n) is 6.47. The van der Waals surface area contributed by atoms with Gasteiger partial charge in [-0.1, -0.05) is 13.8 Å². The molecule has 2 rings (SSSR count). The standard InChI is InChI=1S/C17H32N4S/c1-5-20(6-2)17-19-12-15(22-17)11-18-13-16(14(3)4)21-9-7-8-10-21/h12,14,16,18H,5-11,13H2,1-4H3. The maximum atomic E-state index is 4.56. The van der Waals surface area contributed by atoms with Crippen LogP contribution in [0.25, 0.3) is 0 Å². The second-order valence-corrected chi connectivity index (χ2v) is 7.56. The van der Waals surface area contributed by atoms with E-state index in [-0.39, 0.29) is 0 Å². The van der Waals surface area contributed by atoms with Crippen LogP contribution >= 0.6 is 11.3 Å². The van der Waals surface area contributed by atoms with Gasteiger partial charge in [0.15, 0.2) is 5.13 Å².